The van der Waals surface area contributed by atoms with Gasteiger partial charge in [-0.1, -0.05) is 30.3 Å². The van der Waals surface area contributed by atoms with Crippen LogP contribution in [-0.4, -0.2) is 31.0 Å². The normalized spacial score (nSPS) is 10.8. The lowest BCUT2D eigenvalue weighted by molar-refractivity contribution is -0.121. The van der Waals surface area contributed by atoms with Crippen LogP contribution >= 0.6 is 11.3 Å². The summed E-state index contributed by atoms with van der Waals surface area (Å²) in [7, 11) is 2.07. The number of nitrogens with zero attached hydrogens (tertiary/aromatic N) is 2. The van der Waals surface area contributed by atoms with Crippen molar-refractivity contribution in [2.24, 2.45) is 0 Å². The average molecular weight is 353 g/mol. The van der Waals surface area contributed by atoms with Gasteiger partial charge >= 0.3 is 0 Å². The van der Waals surface area contributed by atoms with Gasteiger partial charge in [0.2, 0.25) is 5.91 Å². The van der Waals surface area contributed by atoms with E-state index in [-0.39, 0.29) is 5.91 Å². The number of aromatic nitrogens is 1. The molecule has 25 heavy (non-hydrogen) atoms. The third kappa shape index (κ3) is 5.03. The van der Waals surface area contributed by atoms with Gasteiger partial charge in [0.05, 0.1) is 15.2 Å². The number of hydrogen-bond donors (Lipinski definition) is 1. The number of thiazole rings is 1. The van der Waals surface area contributed by atoms with E-state index >= 15 is 0 Å². The van der Waals surface area contributed by atoms with Crippen molar-refractivity contribution in [2.45, 2.75) is 19.3 Å². The van der Waals surface area contributed by atoms with Crippen molar-refractivity contribution >= 4 is 33.1 Å². The van der Waals surface area contributed by atoms with Gasteiger partial charge in [0.25, 0.3) is 0 Å². The molecule has 0 atom stereocenters. The summed E-state index contributed by atoms with van der Waals surface area (Å²) in [5.74, 6) is 0.0987. The summed E-state index contributed by atoms with van der Waals surface area (Å²) in [6.07, 6.45) is 2.13. The van der Waals surface area contributed by atoms with E-state index in [1.165, 1.54) is 10.4 Å². The Morgan fingerprint density at radius 1 is 1.12 bits per heavy atom. The Labute approximate surface area is 152 Å². The second-order valence-corrected chi connectivity index (χ2v) is 7.15. The Bertz CT molecular complexity index is 783. The van der Waals surface area contributed by atoms with E-state index in [9.17, 15) is 4.79 Å². The first-order valence-electron chi connectivity index (χ1n) is 8.60. The zero-order valence-corrected chi connectivity index (χ0v) is 15.3. The Hall–Kier alpha value is -2.40. The largest absolute Gasteiger partial charge is 0.375 e. The van der Waals surface area contributed by atoms with Crippen LogP contribution < -0.4 is 10.2 Å². The van der Waals surface area contributed by atoms with Crippen LogP contribution in [0.3, 0.4) is 0 Å². The zero-order chi connectivity index (χ0) is 17.5. The summed E-state index contributed by atoms with van der Waals surface area (Å²) in [4.78, 5) is 18.8. The van der Waals surface area contributed by atoms with Crippen molar-refractivity contribution < 1.29 is 4.79 Å². The van der Waals surface area contributed by atoms with E-state index in [2.05, 4.69) is 40.4 Å². The van der Waals surface area contributed by atoms with Crippen LogP contribution in [0.15, 0.2) is 54.6 Å². The number of anilines is 1. The predicted octanol–water partition coefficient (Wildman–Crippen LogP) is 3.87. The first-order chi connectivity index (χ1) is 12.2. The van der Waals surface area contributed by atoms with Gasteiger partial charge in [-0.15, -0.1) is 11.3 Å². The fraction of sp³-hybridized carbons (Fsp3) is 0.300. The number of nitrogens with one attached hydrogen (secondary N) is 1. The molecule has 5 heteroatoms. The lowest BCUT2D eigenvalue weighted by atomic mass is 10.2. The minimum absolute atomic E-state index is 0.0987. The maximum Gasteiger partial charge on any atom is 0.220 e. The molecule has 0 aliphatic heterocycles. The molecule has 3 rings (SSSR count). The van der Waals surface area contributed by atoms with Crippen LogP contribution in [0, 0.1) is 0 Å². The second-order valence-electron chi connectivity index (χ2n) is 6.04. The number of para-hydroxylation sites is 2. The minimum Gasteiger partial charge on any atom is -0.375 e. The lowest BCUT2D eigenvalue weighted by Gasteiger charge is -2.19. The van der Waals surface area contributed by atoms with Gasteiger partial charge in [0.1, 0.15) is 0 Å². The Kier molecular flexibility index (Phi) is 6.01. The second kappa shape index (κ2) is 8.62. The summed E-state index contributed by atoms with van der Waals surface area (Å²) in [6.45, 7) is 1.62. The highest BCUT2D eigenvalue weighted by Gasteiger charge is 2.07. The van der Waals surface area contributed by atoms with Crippen molar-refractivity contribution in [2.75, 3.05) is 25.0 Å². The molecule has 1 N–H and O–H groups in total. The van der Waals surface area contributed by atoms with Crippen LogP contribution in [-0.2, 0) is 11.2 Å². The number of carbonyl (C=O) groups is 1. The van der Waals surface area contributed by atoms with Crippen molar-refractivity contribution in [1.82, 2.24) is 10.3 Å². The van der Waals surface area contributed by atoms with Crippen molar-refractivity contribution in [3.05, 3.63) is 59.6 Å². The highest BCUT2D eigenvalue weighted by molar-refractivity contribution is 7.18. The molecular weight excluding hydrogens is 330 g/mol. The smallest absolute Gasteiger partial charge is 0.220 e. The lowest BCUT2D eigenvalue weighted by Crippen LogP contribution is -2.28. The standard InChI is InChI=1S/C20H23N3OS/c1-23(16-8-3-2-4-9-16)15-7-14-21-19(24)12-13-20-22-17-10-5-6-11-18(17)25-20/h2-6,8-11H,7,12-15H2,1H3,(H,21,24). The fourth-order valence-electron chi connectivity index (χ4n) is 2.69. The first kappa shape index (κ1) is 17.4. The first-order valence-corrected chi connectivity index (χ1v) is 9.41. The zero-order valence-electron chi connectivity index (χ0n) is 14.4. The predicted molar refractivity (Wildman–Crippen MR) is 105 cm³/mol. The molecule has 0 radical (unpaired) electrons. The van der Waals surface area contributed by atoms with E-state index in [1.54, 1.807) is 11.3 Å². The Balaban J connectivity index is 1.35. The molecule has 0 fully saturated rings. The summed E-state index contributed by atoms with van der Waals surface area (Å²) < 4.78 is 1.18. The molecule has 1 heterocycles. The van der Waals surface area contributed by atoms with Crippen LogP contribution in [0.25, 0.3) is 10.2 Å². The van der Waals surface area contributed by atoms with E-state index in [0.717, 1.165) is 23.5 Å². The maximum atomic E-state index is 12.0. The number of rotatable bonds is 8. The summed E-state index contributed by atoms with van der Waals surface area (Å²) in [5.41, 5.74) is 2.22. The Morgan fingerprint density at radius 2 is 1.88 bits per heavy atom. The molecule has 4 nitrogen and oxygen atoms in total. The summed E-state index contributed by atoms with van der Waals surface area (Å²) >= 11 is 1.67. The third-order valence-corrected chi connectivity index (χ3v) is 5.19. The van der Waals surface area contributed by atoms with Gasteiger partial charge in [0.15, 0.2) is 0 Å². The number of aryl methyl sites for hydroxylation is 1. The molecule has 0 saturated heterocycles. The maximum absolute atomic E-state index is 12.0. The molecule has 0 aliphatic carbocycles. The van der Waals surface area contributed by atoms with Crippen LogP contribution in [0.1, 0.15) is 17.8 Å². The van der Waals surface area contributed by atoms with Crippen molar-refractivity contribution in [3.8, 4) is 0 Å². The molecule has 130 valence electrons. The minimum atomic E-state index is 0.0987. The Morgan fingerprint density at radius 3 is 2.68 bits per heavy atom. The van der Waals surface area contributed by atoms with E-state index in [1.807, 2.05) is 36.4 Å². The van der Waals surface area contributed by atoms with Gasteiger partial charge in [0, 0.05) is 38.7 Å². The van der Waals surface area contributed by atoms with Gasteiger partial charge in [-0.25, -0.2) is 4.98 Å². The van der Waals surface area contributed by atoms with E-state index < -0.39 is 0 Å². The average Bonchev–Trinajstić information content (AvgIpc) is 3.07. The van der Waals surface area contributed by atoms with Gasteiger partial charge < -0.3 is 10.2 Å². The van der Waals surface area contributed by atoms with E-state index in [0.29, 0.717) is 19.4 Å². The number of fused-ring (bicyclic) bond motifs is 1. The molecular formula is C20H23N3OS. The molecule has 0 spiro atoms. The van der Waals surface area contributed by atoms with Gasteiger partial charge in [-0.3, -0.25) is 4.79 Å². The van der Waals surface area contributed by atoms with Crippen LogP contribution in [0.5, 0.6) is 0 Å². The third-order valence-electron chi connectivity index (χ3n) is 4.09. The highest BCUT2D eigenvalue weighted by Crippen LogP contribution is 2.22. The molecule has 0 saturated carbocycles. The number of carbonyl (C=O) groups excluding carboxylic acids is 1. The molecule has 3 aromatic rings. The highest BCUT2D eigenvalue weighted by atomic mass is 32.1. The molecule has 1 aromatic heterocycles. The van der Waals surface area contributed by atoms with Gasteiger partial charge in [-0.2, -0.15) is 0 Å². The number of hydrogen-bond acceptors (Lipinski definition) is 4. The molecule has 2 aromatic carbocycles. The SMILES string of the molecule is CN(CCCNC(=O)CCc1nc2ccccc2s1)c1ccccc1. The fourth-order valence-corrected chi connectivity index (χ4v) is 3.66. The van der Waals surface area contributed by atoms with Crippen molar-refractivity contribution in [1.29, 1.82) is 0 Å². The molecule has 0 aliphatic rings. The molecule has 0 unspecified atom stereocenters. The van der Waals surface area contributed by atoms with Crippen molar-refractivity contribution in [3.63, 3.8) is 0 Å². The monoisotopic (exact) mass is 353 g/mol. The number of amides is 1. The quantitative estimate of drug-likeness (QED) is 0.625. The van der Waals surface area contributed by atoms with Crippen LogP contribution in [0.2, 0.25) is 0 Å². The topological polar surface area (TPSA) is 45.2 Å². The summed E-state index contributed by atoms with van der Waals surface area (Å²) in [5, 5.41) is 4.03. The van der Waals surface area contributed by atoms with Crippen LogP contribution in [0.4, 0.5) is 5.69 Å². The number of benzene rings is 2. The molecule has 1 amide bonds. The summed E-state index contributed by atoms with van der Waals surface area (Å²) in [6, 6.07) is 18.4. The van der Waals surface area contributed by atoms with Gasteiger partial charge in [-0.05, 0) is 30.7 Å². The molecule has 0 bridgehead atoms. The van der Waals surface area contributed by atoms with E-state index in [4.69, 9.17) is 0 Å².